The Bertz CT molecular complexity index is 249. The summed E-state index contributed by atoms with van der Waals surface area (Å²) >= 11 is 1.74. The summed E-state index contributed by atoms with van der Waals surface area (Å²) in [4.78, 5) is 22.6. The van der Waals surface area contributed by atoms with Gasteiger partial charge in [-0.1, -0.05) is 6.92 Å². The molecule has 2 N–H and O–H groups in total. The van der Waals surface area contributed by atoms with Gasteiger partial charge in [-0.3, -0.25) is 4.79 Å². The molecule has 0 spiro atoms. The van der Waals surface area contributed by atoms with E-state index in [1.165, 1.54) is 0 Å². The topological polar surface area (TPSA) is 66.4 Å². The maximum Gasteiger partial charge on any atom is 0.329 e. The maximum atomic E-state index is 11.4. The molecule has 1 heterocycles. The van der Waals surface area contributed by atoms with Crippen LogP contribution in [0.3, 0.4) is 0 Å². The summed E-state index contributed by atoms with van der Waals surface area (Å²) in [5.74, 6) is 0.566. The third-order valence-corrected chi connectivity index (χ3v) is 3.60. The molecule has 1 fully saturated rings. The van der Waals surface area contributed by atoms with Gasteiger partial charge in [0.25, 0.3) is 0 Å². The molecule has 0 aliphatic carbocycles. The molecule has 15 heavy (non-hydrogen) atoms. The molecule has 1 saturated heterocycles. The van der Waals surface area contributed by atoms with E-state index in [1.54, 1.807) is 11.8 Å². The standard InChI is InChI=1S/C10H17NO3S/c1-2-3-8(12)11-10(9(13)14)4-6-15-7-5-10/h2-7H2,1H3,(H,11,12)(H,13,14). The maximum absolute atomic E-state index is 11.4. The van der Waals surface area contributed by atoms with Crippen LogP contribution >= 0.6 is 11.8 Å². The van der Waals surface area contributed by atoms with E-state index in [1.807, 2.05) is 6.92 Å². The number of hydrogen-bond donors (Lipinski definition) is 2. The Morgan fingerprint density at radius 2 is 2.00 bits per heavy atom. The molecule has 0 radical (unpaired) electrons. The van der Waals surface area contributed by atoms with E-state index in [-0.39, 0.29) is 5.91 Å². The van der Waals surface area contributed by atoms with Crippen LogP contribution in [0.25, 0.3) is 0 Å². The first-order valence-electron chi connectivity index (χ1n) is 5.23. The minimum atomic E-state index is -1.00. The normalized spacial score (nSPS) is 19.5. The van der Waals surface area contributed by atoms with Crippen molar-refractivity contribution >= 4 is 23.6 Å². The largest absolute Gasteiger partial charge is 0.480 e. The number of carboxylic acid groups (broad SMARTS) is 1. The Hall–Kier alpha value is -0.710. The van der Waals surface area contributed by atoms with Gasteiger partial charge in [0.05, 0.1) is 0 Å². The monoisotopic (exact) mass is 231 g/mol. The van der Waals surface area contributed by atoms with Crippen LogP contribution in [0.15, 0.2) is 0 Å². The summed E-state index contributed by atoms with van der Waals surface area (Å²) in [5.41, 5.74) is -1.00. The second-order valence-corrected chi connectivity index (χ2v) is 5.02. The van der Waals surface area contributed by atoms with Gasteiger partial charge in [-0.25, -0.2) is 4.79 Å². The molecule has 5 heteroatoms. The van der Waals surface area contributed by atoms with E-state index in [0.29, 0.717) is 19.3 Å². The molecule has 86 valence electrons. The van der Waals surface area contributed by atoms with Crippen molar-refractivity contribution in [2.75, 3.05) is 11.5 Å². The Balaban J connectivity index is 2.64. The Morgan fingerprint density at radius 1 is 1.40 bits per heavy atom. The molecule has 0 aromatic rings. The summed E-state index contributed by atoms with van der Waals surface area (Å²) in [6, 6.07) is 0. The second kappa shape index (κ2) is 5.39. The molecule has 0 unspecified atom stereocenters. The number of aliphatic carboxylic acids is 1. The van der Waals surface area contributed by atoms with Crippen molar-refractivity contribution in [3.05, 3.63) is 0 Å². The molecule has 1 aliphatic rings. The van der Waals surface area contributed by atoms with Crippen LogP contribution in [0.5, 0.6) is 0 Å². The van der Waals surface area contributed by atoms with Crippen LogP contribution in [-0.2, 0) is 9.59 Å². The van der Waals surface area contributed by atoms with Gasteiger partial charge >= 0.3 is 5.97 Å². The Morgan fingerprint density at radius 3 is 2.47 bits per heavy atom. The van der Waals surface area contributed by atoms with Crippen LogP contribution in [0, 0.1) is 0 Å². The number of carboxylic acids is 1. The molecule has 0 aromatic heterocycles. The lowest BCUT2D eigenvalue weighted by molar-refractivity contribution is -0.148. The highest BCUT2D eigenvalue weighted by Gasteiger charge is 2.40. The first-order valence-corrected chi connectivity index (χ1v) is 6.38. The highest BCUT2D eigenvalue weighted by atomic mass is 32.2. The third kappa shape index (κ3) is 3.12. The lowest BCUT2D eigenvalue weighted by atomic mass is 9.92. The molecule has 1 rings (SSSR count). The lowest BCUT2D eigenvalue weighted by Crippen LogP contribution is -2.56. The second-order valence-electron chi connectivity index (χ2n) is 3.80. The van der Waals surface area contributed by atoms with Crippen molar-refractivity contribution in [1.82, 2.24) is 5.32 Å². The Kier molecular flexibility index (Phi) is 4.45. The van der Waals surface area contributed by atoms with Gasteiger partial charge < -0.3 is 10.4 Å². The lowest BCUT2D eigenvalue weighted by Gasteiger charge is -2.33. The van der Waals surface area contributed by atoms with Gasteiger partial charge in [0.1, 0.15) is 5.54 Å². The van der Waals surface area contributed by atoms with Gasteiger partial charge in [-0.2, -0.15) is 11.8 Å². The zero-order valence-corrected chi connectivity index (χ0v) is 9.73. The van der Waals surface area contributed by atoms with E-state index in [9.17, 15) is 14.7 Å². The molecule has 1 aliphatic heterocycles. The third-order valence-electron chi connectivity index (χ3n) is 2.61. The first kappa shape index (κ1) is 12.4. The molecular formula is C10H17NO3S. The number of nitrogens with one attached hydrogen (secondary N) is 1. The molecule has 0 saturated carbocycles. The van der Waals surface area contributed by atoms with E-state index in [0.717, 1.165) is 17.9 Å². The smallest absolute Gasteiger partial charge is 0.329 e. The van der Waals surface area contributed by atoms with Crippen LogP contribution in [0.4, 0.5) is 0 Å². The number of carbonyl (C=O) groups is 2. The van der Waals surface area contributed by atoms with Crippen molar-refractivity contribution in [2.45, 2.75) is 38.1 Å². The highest BCUT2D eigenvalue weighted by molar-refractivity contribution is 7.99. The van der Waals surface area contributed by atoms with E-state index >= 15 is 0 Å². The summed E-state index contributed by atoms with van der Waals surface area (Å²) in [7, 11) is 0. The molecular weight excluding hydrogens is 214 g/mol. The predicted octanol–water partition coefficient (Wildman–Crippen LogP) is 1.25. The van der Waals surface area contributed by atoms with Crippen LogP contribution in [0.2, 0.25) is 0 Å². The van der Waals surface area contributed by atoms with Crippen molar-refractivity contribution in [3.63, 3.8) is 0 Å². The summed E-state index contributed by atoms with van der Waals surface area (Å²) in [5, 5.41) is 11.9. The van der Waals surface area contributed by atoms with Crippen LogP contribution in [-0.4, -0.2) is 34.0 Å². The van der Waals surface area contributed by atoms with Gasteiger partial charge in [0.15, 0.2) is 0 Å². The molecule has 0 atom stereocenters. The quantitative estimate of drug-likeness (QED) is 0.764. The molecule has 0 bridgehead atoms. The Labute approximate surface area is 93.8 Å². The van der Waals surface area contributed by atoms with E-state index < -0.39 is 11.5 Å². The van der Waals surface area contributed by atoms with Crippen molar-refractivity contribution in [3.8, 4) is 0 Å². The SMILES string of the molecule is CCCC(=O)NC1(C(=O)O)CCSCC1. The van der Waals surface area contributed by atoms with Crippen molar-refractivity contribution < 1.29 is 14.7 Å². The predicted molar refractivity (Wildman–Crippen MR) is 60.0 cm³/mol. The summed E-state index contributed by atoms with van der Waals surface area (Å²) in [6.45, 7) is 1.91. The number of amides is 1. The van der Waals surface area contributed by atoms with Gasteiger partial charge in [0.2, 0.25) is 5.91 Å². The average molecular weight is 231 g/mol. The van der Waals surface area contributed by atoms with E-state index in [4.69, 9.17) is 0 Å². The van der Waals surface area contributed by atoms with E-state index in [2.05, 4.69) is 5.32 Å². The van der Waals surface area contributed by atoms with Gasteiger partial charge in [-0.05, 0) is 30.8 Å². The fourth-order valence-corrected chi connectivity index (χ4v) is 2.86. The van der Waals surface area contributed by atoms with Crippen molar-refractivity contribution in [2.24, 2.45) is 0 Å². The summed E-state index contributed by atoms with van der Waals surface area (Å²) < 4.78 is 0. The fourth-order valence-electron chi connectivity index (χ4n) is 1.67. The molecule has 4 nitrogen and oxygen atoms in total. The number of thioether (sulfide) groups is 1. The number of carbonyl (C=O) groups excluding carboxylic acids is 1. The summed E-state index contributed by atoms with van der Waals surface area (Å²) in [6.07, 6.45) is 2.21. The van der Waals surface area contributed by atoms with Crippen LogP contribution in [0.1, 0.15) is 32.6 Å². The zero-order valence-electron chi connectivity index (χ0n) is 8.91. The number of rotatable bonds is 4. The minimum Gasteiger partial charge on any atom is -0.480 e. The fraction of sp³-hybridized carbons (Fsp3) is 0.800. The zero-order chi connectivity index (χ0) is 11.3. The highest BCUT2D eigenvalue weighted by Crippen LogP contribution is 2.27. The number of hydrogen-bond acceptors (Lipinski definition) is 3. The minimum absolute atomic E-state index is 0.146. The molecule has 0 aromatic carbocycles. The average Bonchev–Trinajstić information content (AvgIpc) is 2.19. The van der Waals surface area contributed by atoms with Gasteiger partial charge in [-0.15, -0.1) is 0 Å². The van der Waals surface area contributed by atoms with Crippen LogP contribution < -0.4 is 5.32 Å². The molecule has 1 amide bonds. The first-order chi connectivity index (χ1) is 7.10. The van der Waals surface area contributed by atoms with Crippen molar-refractivity contribution in [1.29, 1.82) is 0 Å². The van der Waals surface area contributed by atoms with Gasteiger partial charge in [0, 0.05) is 6.42 Å².